The molecule has 2 fully saturated rings. The number of rotatable bonds is 6. The Bertz CT molecular complexity index is 909. The lowest BCUT2D eigenvalue weighted by molar-refractivity contribution is -0.384. The number of nitrogens with zero attached hydrogens (tertiary/aromatic N) is 3. The zero-order valence-corrected chi connectivity index (χ0v) is 17.3. The minimum Gasteiger partial charge on any atom is -0.451 e. The van der Waals surface area contributed by atoms with Crippen molar-refractivity contribution >= 4 is 35.2 Å². The number of carbonyl (C=O) groups excluding carboxylic acids is 4. The number of urea groups is 1. The van der Waals surface area contributed by atoms with E-state index in [2.05, 4.69) is 5.32 Å². The molecule has 1 aliphatic heterocycles. The summed E-state index contributed by atoms with van der Waals surface area (Å²) in [5.74, 6) is -1.93. The highest BCUT2D eigenvalue weighted by Crippen LogP contribution is 2.39. The second-order valence-electron chi connectivity index (χ2n) is 7.75. The van der Waals surface area contributed by atoms with Gasteiger partial charge < -0.3 is 15.0 Å². The highest BCUT2D eigenvalue weighted by atomic mass is 16.6. The number of non-ortho nitro benzene ring substituents is 1. The van der Waals surface area contributed by atoms with Crippen LogP contribution in [0.3, 0.4) is 0 Å². The van der Waals surface area contributed by atoms with E-state index in [9.17, 15) is 29.3 Å². The van der Waals surface area contributed by atoms with Crippen molar-refractivity contribution in [3.8, 4) is 0 Å². The van der Waals surface area contributed by atoms with Crippen LogP contribution in [0.15, 0.2) is 24.3 Å². The van der Waals surface area contributed by atoms with Gasteiger partial charge in [0.15, 0.2) is 6.10 Å². The molecule has 166 valence electrons. The van der Waals surface area contributed by atoms with Gasteiger partial charge in [0, 0.05) is 24.9 Å². The average molecular weight is 432 g/mol. The summed E-state index contributed by atoms with van der Waals surface area (Å²) in [4.78, 5) is 62.4. The Kier molecular flexibility index (Phi) is 6.23. The number of imide groups is 1. The van der Waals surface area contributed by atoms with E-state index in [-0.39, 0.29) is 5.69 Å². The molecule has 0 bridgehead atoms. The minimum absolute atomic E-state index is 0.127. The molecule has 1 heterocycles. The van der Waals surface area contributed by atoms with Gasteiger partial charge in [0.2, 0.25) is 0 Å². The number of esters is 1. The fraction of sp³-hybridized carbons (Fsp3) is 0.500. The number of carbonyl (C=O) groups is 4. The maximum Gasteiger partial charge on any atom is 0.327 e. The van der Waals surface area contributed by atoms with Gasteiger partial charge in [0.05, 0.1) is 4.92 Å². The van der Waals surface area contributed by atoms with Crippen LogP contribution in [0.2, 0.25) is 0 Å². The quantitative estimate of drug-likeness (QED) is 0.314. The number of benzene rings is 1. The lowest BCUT2D eigenvalue weighted by Gasteiger charge is -2.35. The first-order valence-electron chi connectivity index (χ1n) is 10.0. The first-order chi connectivity index (χ1) is 14.7. The lowest BCUT2D eigenvalue weighted by Crippen LogP contribution is -2.49. The van der Waals surface area contributed by atoms with Gasteiger partial charge in [0.1, 0.15) is 12.1 Å². The van der Waals surface area contributed by atoms with Crippen molar-refractivity contribution in [2.75, 3.05) is 18.9 Å². The van der Waals surface area contributed by atoms with Gasteiger partial charge in [-0.05, 0) is 31.9 Å². The van der Waals surface area contributed by atoms with Crippen molar-refractivity contribution in [2.24, 2.45) is 0 Å². The Labute approximate surface area is 178 Å². The Morgan fingerprint density at radius 1 is 1.19 bits per heavy atom. The number of ether oxygens (including phenoxy) is 1. The van der Waals surface area contributed by atoms with Crippen molar-refractivity contribution in [1.29, 1.82) is 0 Å². The van der Waals surface area contributed by atoms with E-state index < -0.39 is 46.9 Å². The number of amides is 4. The third kappa shape index (κ3) is 4.35. The Balaban J connectivity index is 1.57. The second-order valence-corrected chi connectivity index (χ2v) is 7.75. The summed E-state index contributed by atoms with van der Waals surface area (Å²) in [6, 6.07) is 4.62. The van der Waals surface area contributed by atoms with Gasteiger partial charge in [-0.3, -0.25) is 29.4 Å². The summed E-state index contributed by atoms with van der Waals surface area (Å²) < 4.78 is 5.09. The smallest absolute Gasteiger partial charge is 0.327 e. The van der Waals surface area contributed by atoms with Crippen molar-refractivity contribution in [3.63, 3.8) is 0 Å². The van der Waals surface area contributed by atoms with Crippen LogP contribution in [0.25, 0.3) is 0 Å². The average Bonchev–Trinajstić information content (AvgIpc) is 2.91. The molecule has 1 aromatic carbocycles. The van der Waals surface area contributed by atoms with E-state index in [1.165, 1.54) is 36.1 Å². The lowest BCUT2D eigenvalue weighted by atomic mass is 9.81. The van der Waals surface area contributed by atoms with E-state index in [1.807, 2.05) is 0 Å². The summed E-state index contributed by atoms with van der Waals surface area (Å²) in [6.45, 7) is 0.778. The third-order valence-electron chi connectivity index (χ3n) is 5.79. The number of hydrogen-bond donors (Lipinski definition) is 1. The molecule has 11 nitrogen and oxygen atoms in total. The molecule has 31 heavy (non-hydrogen) atoms. The fourth-order valence-corrected chi connectivity index (χ4v) is 4.00. The Morgan fingerprint density at radius 3 is 2.39 bits per heavy atom. The van der Waals surface area contributed by atoms with Crippen molar-refractivity contribution < 1.29 is 28.8 Å². The van der Waals surface area contributed by atoms with E-state index in [0.29, 0.717) is 18.5 Å². The number of nitro groups is 1. The monoisotopic (exact) mass is 432 g/mol. The normalized spacial score (nSPS) is 18.8. The molecule has 0 aromatic heterocycles. The molecule has 2 aliphatic rings. The van der Waals surface area contributed by atoms with Gasteiger partial charge in [0.25, 0.3) is 17.5 Å². The van der Waals surface area contributed by atoms with E-state index in [0.717, 1.165) is 24.2 Å². The first kappa shape index (κ1) is 22.2. The molecule has 0 radical (unpaired) electrons. The summed E-state index contributed by atoms with van der Waals surface area (Å²) in [5.41, 5.74) is -0.725. The van der Waals surface area contributed by atoms with Crippen LogP contribution in [0, 0.1) is 10.1 Å². The van der Waals surface area contributed by atoms with Crippen LogP contribution in [-0.2, 0) is 19.1 Å². The Hall–Kier alpha value is -3.50. The van der Waals surface area contributed by atoms with E-state index >= 15 is 0 Å². The second kappa shape index (κ2) is 8.70. The van der Waals surface area contributed by atoms with Crippen LogP contribution in [0.1, 0.15) is 39.0 Å². The van der Waals surface area contributed by atoms with Crippen LogP contribution < -0.4 is 5.32 Å². The standard InChI is InChI=1S/C20H24N4O7/c1-13(17(26)21-14-6-8-15(9-7-14)24(29)30)31-16(25)12-23-18(27)20(22(2)19(23)28)10-4-3-5-11-20/h6-9,13H,3-5,10-12H2,1-2H3,(H,21,26). The predicted molar refractivity (Wildman–Crippen MR) is 108 cm³/mol. The summed E-state index contributed by atoms with van der Waals surface area (Å²) in [7, 11) is 1.57. The first-order valence-corrected chi connectivity index (χ1v) is 10.0. The van der Waals surface area contributed by atoms with E-state index in [4.69, 9.17) is 4.74 Å². The summed E-state index contributed by atoms with van der Waals surface area (Å²) in [6.07, 6.45) is 2.60. The van der Waals surface area contributed by atoms with Crippen LogP contribution in [-0.4, -0.2) is 63.8 Å². The van der Waals surface area contributed by atoms with Gasteiger partial charge in [-0.25, -0.2) is 4.79 Å². The Morgan fingerprint density at radius 2 is 1.81 bits per heavy atom. The molecular formula is C20H24N4O7. The van der Waals surface area contributed by atoms with E-state index in [1.54, 1.807) is 7.05 Å². The largest absolute Gasteiger partial charge is 0.451 e. The molecule has 11 heteroatoms. The third-order valence-corrected chi connectivity index (χ3v) is 5.79. The van der Waals surface area contributed by atoms with Gasteiger partial charge >= 0.3 is 12.0 Å². The zero-order chi connectivity index (χ0) is 22.8. The SMILES string of the molecule is CC(OC(=O)CN1C(=O)N(C)C2(CCCCC2)C1=O)C(=O)Nc1ccc([N+](=O)[O-])cc1. The number of hydrogen-bond acceptors (Lipinski definition) is 7. The summed E-state index contributed by atoms with van der Waals surface area (Å²) in [5, 5.41) is 13.2. The van der Waals surface area contributed by atoms with Gasteiger partial charge in [-0.2, -0.15) is 0 Å². The molecule has 4 amide bonds. The maximum absolute atomic E-state index is 12.9. The number of nitrogens with one attached hydrogen (secondary N) is 1. The topological polar surface area (TPSA) is 139 Å². The van der Waals surface area contributed by atoms with Crippen molar-refractivity contribution in [2.45, 2.75) is 50.7 Å². The zero-order valence-electron chi connectivity index (χ0n) is 17.3. The van der Waals surface area contributed by atoms with Crippen LogP contribution in [0.4, 0.5) is 16.2 Å². The molecule has 1 N–H and O–H groups in total. The molecule has 1 aliphatic carbocycles. The molecule has 1 unspecified atom stereocenters. The number of nitro benzene ring substituents is 1. The van der Waals surface area contributed by atoms with Gasteiger partial charge in [-0.1, -0.05) is 19.3 Å². The van der Waals surface area contributed by atoms with Gasteiger partial charge in [-0.15, -0.1) is 0 Å². The highest BCUT2D eigenvalue weighted by molar-refractivity contribution is 6.08. The maximum atomic E-state index is 12.9. The highest BCUT2D eigenvalue weighted by Gasteiger charge is 2.56. The fourth-order valence-electron chi connectivity index (χ4n) is 4.00. The van der Waals surface area contributed by atoms with Crippen molar-refractivity contribution in [3.05, 3.63) is 34.4 Å². The molecule has 1 aromatic rings. The van der Waals surface area contributed by atoms with Crippen LogP contribution in [0.5, 0.6) is 0 Å². The summed E-state index contributed by atoms with van der Waals surface area (Å²) >= 11 is 0. The number of anilines is 1. The minimum atomic E-state index is -1.20. The van der Waals surface area contributed by atoms with Crippen LogP contribution >= 0.6 is 0 Å². The molecule has 1 saturated carbocycles. The molecule has 1 saturated heterocycles. The number of likely N-dealkylation sites (N-methyl/N-ethyl adjacent to an activating group) is 1. The molecular weight excluding hydrogens is 408 g/mol. The molecule has 1 spiro atoms. The molecule has 1 atom stereocenters. The predicted octanol–water partition coefficient (Wildman–Crippen LogP) is 2.06. The van der Waals surface area contributed by atoms with Crippen molar-refractivity contribution in [1.82, 2.24) is 9.80 Å². The molecule has 3 rings (SSSR count).